The fourth-order valence-electron chi connectivity index (χ4n) is 3.04. The highest BCUT2D eigenvalue weighted by Gasteiger charge is 2.34. The lowest BCUT2D eigenvalue weighted by Crippen LogP contribution is -2.34. The molecule has 3 atom stereocenters. The summed E-state index contributed by atoms with van der Waals surface area (Å²) in [4.78, 5) is 0. The predicted octanol–water partition coefficient (Wildman–Crippen LogP) is 3.65. The average molecular weight is 272 g/mol. The molecule has 0 bridgehead atoms. The molecule has 2 rings (SSSR count). The number of nitrogens with two attached hydrogens (primary N) is 1. The third-order valence-corrected chi connectivity index (χ3v) is 4.11. The first-order valence-electron chi connectivity index (χ1n) is 6.56. The molecule has 2 nitrogen and oxygen atoms in total. The van der Waals surface area contributed by atoms with Gasteiger partial charge < -0.3 is 0 Å². The van der Waals surface area contributed by atoms with Crippen LogP contribution < -0.4 is 11.3 Å². The number of nitrogens with one attached hydrogen (secondary N) is 1. The van der Waals surface area contributed by atoms with Gasteiger partial charge in [-0.2, -0.15) is 13.2 Å². The molecule has 0 aliphatic heterocycles. The average Bonchev–Trinajstić information content (AvgIpc) is 2.76. The fraction of sp³-hybridized carbons (Fsp3) is 0.571. The minimum absolute atomic E-state index is 0.209. The van der Waals surface area contributed by atoms with Crippen molar-refractivity contribution in [2.24, 2.45) is 17.7 Å². The Hall–Kier alpha value is -1.07. The second kappa shape index (κ2) is 5.51. The van der Waals surface area contributed by atoms with Gasteiger partial charge in [0.1, 0.15) is 0 Å². The molecule has 0 amide bonds. The first-order valence-corrected chi connectivity index (χ1v) is 6.56. The number of rotatable bonds is 3. The van der Waals surface area contributed by atoms with Crippen LogP contribution in [0.5, 0.6) is 0 Å². The van der Waals surface area contributed by atoms with Crippen molar-refractivity contribution < 1.29 is 13.2 Å². The van der Waals surface area contributed by atoms with E-state index in [9.17, 15) is 13.2 Å². The minimum atomic E-state index is -4.31. The summed E-state index contributed by atoms with van der Waals surface area (Å²) in [5.41, 5.74) is 2.71. The van der Waals surface area contributed by atoms with Gasteiger partial charge in [-0.3, -0.25) is 11.3 Å². The Morgan fingerprint density at radius 3 is 2.58 bits per heavy atom. The van der Waals surface area contributed by atoms with E-state index in [-0.39, 0.29) is 6.04 Å². The van der Waals surface area contributed by atoms with Crippen LogP contribution in [0.1, 0.15) is 43.4 Å². The first-order chi connectivity index (χ1) is 8.93. The molecule has 0 radical (unpaired) electrons. The smallest absolute Gasteiger partial charge is 0.271 e. The Morgan fingerprint density at radius 1 is 1.32 bits per heavy atom. The molecule has 3 N–H and O–H groups in total. The molecule has 1 aromatic carbocycles. The van der Waals surface area contributed by atoms with E-state index in [0.717, 1.165) is 25.3 Å². The van der Waals surface area contributed by atoms with Crippen molar-refractivity contribution in [3.8, 4) is 0 Å². The summed E-state index contributed by atoms with van der Waals surface area (Å²) in [6.45, 7) is 2.13. The zero-order chi connectivity index (χ0) is 14.0. The molecule has 106 valence electrons. The van der Waals surface area contributed by atoms with Gasteiger partial charge in [0.2, 0.25) is 0 Å². The van der Waals surface area contributed by atoms with Crippen LogP contribution in [0, 0.1) is 11.8 Å². The Balaban J connectivity index is 2.28. The van der Waals surface area contributed by atoms with Gasteiger partial charge in [0, 0.05) is 6.04 Å². The molecule has 1 aliphatic rings. The lowest BCUT2D eigenvalue weighted by molar-refractivity contribution is -0.137. The second-order valence-electron chi connectivity index (χ2n) is 5.34. The molecule has 1 aliphatic carbocycles. The van der Waals surface area contributed by atoms with Crippen LogP contribution in [0.4, 0.5) is 13.2 Å². The molecule has 1 aromatic rings. The number of halogens is 3. The molecule has 5 heteroatoms. The quantitative estimate of drug-likeness (QED) is 0.651. The number of benzene rings is 1. The van der Waals surface area contributed by atoms with Crippen LogP contribution in [0.3, 0.4) is 0 Å². The molecule has 0 spiro atoms. The molecule has 19 heavy (non-hydrogen) atoms. The maximum absolute atomic E-state index is 12.7. The largest absolute Gasteiger partial charge is 0.416 e. The van der Waals surface area contributed by atoms with Crippen LogP contribution in [0.15, 0.2) is 24.3 Å². The van der Waals surface area contributed by atoms with E-state index in [2.05, 4.69) is 12.3 Å². The highest BCUT2D eigenvalue weighted by Crippen LogP contribution is 2.40. The third kappa shape index (κ3) is 3.09. The first kappa shape index (κ1) is 14.3. The van der Waals surface area contributed by atoms with Gasteiger partial charge in [0.15, 0.2) is 0 Å². The van der Waals surface area contributed by atoms with Crippen molar-refractivity contribution in [1.29, 1.82) is 0 Å². The number of alkyl halides is 3. The Bertz CT molecular complexity index is 431. The lowest BCUT2D eigenvalue weighted by Gasteiger charge is -2.27. The minimum Gasteiger partial charge on any atom is -0.271 e. The lowest BCUT2D eigenvalue weighted by atomic mass is 9.86. The summed E-state index contributed by atoms with van der Waals surface area (Å²) in [5, 5.41) is 0. The summed E-state index contributed by atoms with van der Waals surface area (Å²) in [5.74, 6) is 6.36. The summed E-state index contributed by atoms with van der Waals surface area (Å²) in [7, 11) is 0. The SMILES string of the molecule is CC1CCCC1C(NN)c1cccc(C(F)(F)F)c1. The molecule has 0 aromatic heterocycles. The van der Waals surface area contributed by atoms with E-state index in [1.54, 1.807) is 6.07 Å². The normalized spacial score (nSPS) is 25.5. The molecule has 1 saturated carbocycles. The standard InChI is InChI=1S/C14H19F3N2/c1-9-4-2-7-12(9)13(19-18)10-5-3-6-11(8-10)14(15,16)17/h3,5-6,8-9,12-13,19H,2,4,7,18H2,1H3. The van der Waals surface area contributed by atoms with Crippen LogP contribution in [0.25, 0.3) is 0 Å². The summed E-state index contributed by atoms with van der Waals surface area (Å²) in [6, 6.07) is 5.25. The van der Waals surface area contributed by atoms with Gasteiger partial charge in [-0.05, 0) is 36.0 Å². The van der Waals surface area contributed by atoms with Crippen molar-refractivity contribution >= 4 is 0 Å². The van der Waals surface area contributed by atoms with Crippen LogP contribution in [-0.4, -0.2) is 0 Å². The molecular weight excluding hydrogens is 253 g/mol. The van der Waals surface area contributed by atoms with E-state index < -0.39 is 11.7 Å². The molecule has 0 heterocycles. The molecular formula is C14H19F3N2. The van der Waals surface area contributed by atoms with Gasteiger partial charge in [-0.1, -0.05) is 31.9 Å². The van der Waals surface area contributed by atoms with E-state index in [4.69, 9.17) is 5.84 Å². The summed E-state index contributed by atoms with van der Waals surface area (Å²) in [6.07, 6.45) is -1.08. The maximum Gasteiger partial charge on any atom is 0.416 e. The zero-order valence-electron chi connectivity index (χ0n) is 10.9. The maximum atomic E-state index is 12.7. The van der Waals surface area contributed by atoms with Gasteiger partial charge in [-0.25, -0.2) is 0 Å². The Morgan fingerprint density at radius 2 is 2.05 bits per heavy atom. The number of hydrogen-bond donors (Lipinski definition) is 2. The van der Waals surface area contributed by atoms with Gasteiger partial charge in [-0.15, -0.1) is 0 Å². The Labute approximate surface area is 111 Å². The molecule has 3 unspecified atom stereocenters. The van der Waals surface area contributed by atoms with Crippen molar-refractivity contribution in [2.75, 3.05) is 0 Å². The van der Waals surface area contributed by atoms with Crippen LogP contribution in [-0.2, 0) is 6.18 Å². The van der Waals surface area contributed by atoms with E-state index in [0.29, 0.717) is 17.4 Å². The predicted molar refractivity (Wildman–Crippen MR) is 68.0 cm³/mol. The monoisotopic (exact) mass is 272 g/mol. The number of hydrazine groups is 1. The van der Waals surface area contributed by atoms with E-state index >= 15 is 0 Å². The highest BCUT2D eigenvalue weighted by molar-refractivity contribution is 5.28. The van der Waals surface area contributed by atoms with E-state index in [1.807, 2.05) is 0 Å². The summed E-state index contributed by atoms with van der Waals surface area (Å²) < 4.78 is 38.2. The summed E-state index contributed by atoms with van der Waals surface area (Å²) >= 11 is 0. The second-order valence-corrected chi connectivity index (χ2v) is 5.34. The van der Waals surface area contributed by atoms with Crippen LogP contribution in [0.2, 0.25) is 0 Å². The molecule has 1 fully saturated rings. The van der Waals surface area contributed by atoms with Gasteiger partial charge in [0.25, 0.3) is 0 Å². The molecule has 0 saturated heterocycles. The van der Waals surface area contributed by atoms with Crippen LogP contribution >= 0.6 is 0 Å². The van der Waals surface area contributed by atoms with Gasteiger partial charge >= 0.3 is 6.18 Å². The van der Waals surface area contributed by atoms with Crippen molar-refractivity contribution in [3.05, 3.63) is 35.4 Å². The topological polar surface area (TPSA) is 38.0 Å². The van der Waals surface area contributed by atoms with Crippen molar-refractivity contribution in [3.63, 3.8) is 0 Å². The van der Waals surface area contributed by atoms with Crippen molar-refractivity contribution in [1.82, 2.24) is 5.43 Å². The van der Waals surface area contributed by atoms with Crippen molar-refractivity contribution in [2.45, 2.75) is 38.4 Å². The van der Waals surface area contributed by atoms with E-state index in [1.165, 1.54) is 12.1 Å². The zero-order valence-corrected chi connectivity index (χ0v) is 10.9. The fourth-order valence-corrected chi connectivity index (χ4v) is 3.04. The third-order valence-electron chi connectivity index (χ3n) is 4.11. The van der Waals surface area contributed by atoms with Gasteiger partial charge in [0.05, 0.1) is 5.56 Å². The highest BCUT2D eigenvalue weighted by atomic mass is 19.4. The Kier molecular flexibility index (Phi) is 4.16. The number of hydrogen-bond acceptors (Lipinski definition) is 2.